The van der Waals surface area contributed by atoms with E-state index in [9.17, 15) is 4.79 Å². The summed E-state index contributed by atoms with van der Waals surface area (Å²) < 4.78 is 11.6. The first kappa shape index (κ1) is 21.7. The average molecular weight is 423 g/mol. The van der Waals surface area contributed by atoms with Gasteiger partial charge in [0.05, 0.1) is 13.0 Å². The third-order valence-electron chi connectivity index (χ3n) is 6.69. The summed E-state index contributed by atoms with van der Waals surface area (Å²) in [6.45, 7) is 8.93. The Labute approximate surface area is 185 Å². The number of likely N-dealkylation sites (tertiary alicyclic amines) is 1. The lowest BCUT2D eigenvalue weighted by Crippen LogP contribution is -2.35. The van der Waals surface area contributed by atoms with Gasteiger partial charge in [-0.25, -0.2) is 0 Å². The average Bonchev–Trinajstić information content (AvgIpc) is 3.17. The zero-order chi connectivity index (χ0) is 21.8. The minimum atomic E-state index is -0.0754. The SMILES string of the molecule is COc1ccc(N2CCC(c3ccc(C)cc3)C2=O)cc1OCCN1CCC(C)CC1. The minimum absolute atomic E-state index is 0.0754. The first-order valence-corrected chi connectivity index (χ1v) is 11.5. The van der Waals surface area contributed by atoms with Crippen molar-refractivity contribution in [3.05, 3.63) is 53.6 Å². The lowest BCUT2D eigenvalue weighted by atomic mass is 9.97. The Kier molecular flexibility index (Phi) is 6.81. The van der Waals surface area contributed by atoms with Crippen molar-refractivity contribution >= 4 is 11.6 Å². The van der Waals surface area contributed by atoms with Gasteiger partial charge in [-0.05, 0) is 62.9 Å². The molecule has 0 aromatic heterocycles. The Bertz CT molecular complexity index is 888. The molecule has 0 spiro atoms. The van der Waals surface area contributed by atoms with Crippen LogP contribution in [0.5, 0.6) is 11.5 Å². The van der Waals surface area contributed by atoms with Gasteiger partial charge in [-0.15, -0.1) is 0 Å². The highest BCUT2D eigenvalue weighted by Crippen LogP contribution is 2.37. The summed E-state index contributed by atoms with van der Waals surface area (Å²) in [7, 11) is 1.66. The molecule has 0 saturated carbocycles. The van der Waals surface area contributed by atoms with Gasteiger partial charge in [-0.1, -0.05) is 36.8 Å². The number of ether oxygens (including phenoxy) is 2. The molecule has 2 aromatic rings. The molecule has 4 rings (SSSR count). The summed E-state index contributed by atoms with van der Waals surface area (Å²) in [6.07, 6.45) is 3.35. The molecule has 0 bridgehead atoms. The van der Waals surface area contributed by atoms with Gasteiger partial charge in [0.25, 0.3) is 0 Å². The summed E-state index contributed by atoms with van der Waals surface area (Å²) in [5.74, 6) is 2.32. The van der Waals surface area contributed by atoms with Crippen molar-refractivity contribution in [2.75, 3.05) is 44.8 Å². The molecule has 5 nitrogen and oxygen atoms in total. The Morgan fingerprint density at radius 2 is 1.71 bits per heavy atom. The van der Waals surface area contributed by atoms with Crippen LogP contribution in [0.3, 0.4) is 0 Å². The van der Waals surface area contributed by atoms with E-state index in [0.717, 1.165) is 49.8 Å². The highest BCUT2D eigenvalue weighted by molar-refractivity contribution is 6.00. The van der Waals surface area contributed by atoms with E-state index in [0.29, 0.717) is 18.1 Å². The molecule has 166 valence electrons. The van der Waals surface area contributed by atoms with Gasteiger partial charge in [-0.2, -0.15) is 0 Å². The quantitative estimate of drug-likeness (QED) is 0.652. The maximum absolute atomic E-state index is 13.2. The molecule has 1 amide bonds. The van der Waals surface area contributed by atoms with Crippen molar-refractivity contribution in [2.45, 2.75) is 39.0 Å². The fraction of sp³-hybridized carbons (Fsp3) is 0.500. The third-order valence-corrected chi connectivity index (χ3v) is 6.69. The Morgan fingerprint density at radius 1 is 0.968 bits per heavy atom. The van der Waals surface area contributed by atoms with Crippen molar-refractivity contribution in [1.82, 2.24) is 4.90 Å². The van der Waals surface area contributed by atoms with Crippen LogP contribution in [0.4, 0.5) is 5.69 Å². The number of hydrogen-bond donors (Lipinski definition) is 0. The summed E-state index contributed by atoms with van der Waals surface area (Å²) in [4.78, 5) is 17.5. The number of rotatable bonds is 7. The van der Waals surface area contributed by atoms with Crippen LogP contribution in [0.25, 0.3) is 0 Å². The topological polar surface area (TPSA) is 42.0 Å². The number of carbonyl (C=O) groups is 1. The molecule has 0 aliphatic carbocycles. The number of piperidine rings is 1. The van der Waals surface area contributed by atoms with Crippen molar-refractivity contribution in [1.29, 1.82) is 0 Å². The summed E-state index contributed by atoms with van der Waals surface area (Å²) in [6, 6.07) is 14.1. The van der Waals surface area contributed by atoms with E-state index in [1.54, 1.807) is 7.11 Å². The molecule has 1 atom stereocenters. The van der Waals surface area contributed by atoms with Crippen molar-refractivity contribution in [3.63, 3.8) is 0 Å². The van der Waals surface area contributed by atoms with Gasteiger partial charge in [-0.3, -0.25) is 9.69 Å². The minimum Gasteiger partial charge on any atom is -0.493 e. The first-order valence-electron chi connectivity index (χ1n) is 11.5. The standard InChI is InChI=1S/C26H34N2O3/c1-19-4-6-21(7-5-19)23-12-15-28(26(23)29)22-8-9-24(30-3)25(18-22)31-17-16-27-13-10-20(2)11-14-27/h4-9,18,20,23H,10-17H2,1-3H3. The lowest BCUT2D eigenvalue weighted by Gasteiger charge is -2.30. The fourth-order valence-electron chi connectivity index (χ4n) is 4.56. The largest absolute Gasteiger partial charge is 0.493 e. The lowest BCUT2D eigenvalue weighted by molar-refractivity contribution is -0.118. The zero-order valence-corrected chi connectivity index (χ0v) is 19.0. The predicted molar refractivity (Wildman–Crippen MR) is 124 cm³/mol. The zero-order valence-electron chi connectivity index (χ0n) is 19.0. The van der Waals surface area contributed by atoms with Crippen molar-refractivity contribution < 1.29 is 14.3 Å². The van der Waals surface area contributed by atoms with Crippen LogP contribution in [-0.2, 0) is 4.79 Å². The molecule has 0 radical (unpaired) electrons. The molecule has 31 heavy (non-hydrogen) atoms. The van der Waals surface area contributed by atoms with Crippen LogP contribution in [0, 0.1) is 12.8 Å². The summed E-state index contributed by atoms with van der Waals surface area (Å²) in [5, 5.41) is 0. The maximum atomic E-state index is 13.2. The Morgan fingerprint density at radius 3 is 2.42 bits per heavy atom. The molecule has 2 fully saturated rings. The highest BCUT2D eigenvalue weighted by atomic mass is 16.5. The van der Waals surface area contributed by atoms with E-state index >= 15 is 0 Å². The molecule has 0 N–H and O–H groups in total. The molecular weight excluding hydrogens is 388 g/mol. The monoisotopic (exact) mass is 422 g/mol. The van der Waals surface area contributed by atoms with Gasteiger partial charge in [0.1, 0.15) is 6.61 Å². The first-order chi connectivity index (χ1) is 15.0. The summed E-state index contributed by atoms with van der Waals surface area (Å²) >= 11 is 0. The molecule has 2 saturated heterocycles. The molecule has 2 heterocycles. The smallest absolute Gasteiger partial charge is 0.234 e. The number of benzene rings is 2. The van der Waals surface area contributed by atoms with Crippen LogP contribution < -0.4 is 14.4 Å². The Balaban J connectivity index is 1.42. The van der Waals surface area contributed by atoms with E-state index in [2.05, 4.69) is 43.0 Å². The number of anilines is 1. The van der Waals surface area contributed by atoms with Crippen LogP contribution in [0.1, 0.15) is 43.2 Å². The molecular formula is C26H34N2O3. The predicted octanol–water partition coefficient (Wildman–Crippen LogP) is 4.63. The van der Waals surface area contributed by atoms with E-state index in [1.165, 1.54) is 18.4 Å². The number of methoxy groups -OCH3 is 1. The van der Waals surface area contributed by atoms with E-state index < -0.39 is 0 Å². The highest BCUT2D eigenvalue weighted by Gasteiger charge is 2.34. The molecule has 2 aliphatic heterocycles. The Hall–Kier alpha value is -2.53. The number of aryl methyl sites for hydroxylation is 1. The molecule has 2 aromatic carbocycles. The van der Waals surface area contributed by atoms with E-state index in [4.69, 9.17) is 9.47 Å². The van der Waals surface area contributed by atoms with E-state index in [1.807, 2.05) is 23.1 Å². The van der Waals surface area contributed by atoms with Crippen molar-refractivity contribution in [2.24, 2.45) is 5.92 Å². The maximum Gasteiger partial charge on any atom is 0.234 e. The molecule has 2 aliphatic rings. The van der Waals surface area contributed by atoms with Gasteiger partial charge < -0.3 is 14.4 Å². The van der Waals surface area contributed by atoms with E-state index in [-0.39, 0.29) is 11.8 Å². The van der Waals surface area contributed by atoms with Gasteiger partial charge in [0, 0.05) is 24.8 Å². The van der Waals surface area contributed by atoms with Crippen LogP contribution in [0.15, 0.2) is 42.5 Å². The van der Waals surface area contributed by atoms with Gasteiger partial charge in [0.2, 0.25) is 5.91 Å². The number of amides is 1. The fourth-order valence-corrected chi connectivity index (χ4v) is 4.56. The number of hydrogen-bond acceptors (Lipinski definition) is 4. The van der Waals surface area contributed by atoms with Crippen LogP contribution in [0.2, 0.25) is 0 Å². The second kappa shape index (κ2) is 9.73. The second-order valence-electron chi connectivity index (χ2n) is 8.95. The normalized spacial score (nSPS) is 20.3. The van der Waals surface area contributed by atoms with Gasteiger partial charge in [0.15, 0.2) is 11.5 Å². The molecule has 1 unspecified atom stereocenters. The number of nitrogens with zero attached hydrogens (tertiary/aromatic N) is 2. The second-order valence-corrected chi connectivity index (χ2v) is 8.95. The molecule has 5 heteroatoms. The third kappa shape index (κ3) is 5.04. The van der Waals surface area contributed by atoms with Crippen LogP contribution in [-0.4, -0.2) is 50.7 Å². The summed E-state index contributed by atoms with van der Waals surface area (Å²) in [5.41, 5.74) is 3.18. The van der Waals surface area contributed by atoms with Crippen LogP contribution >= 0.6 is 0 Å². The van der Waals surface area contributed by atoms with Crippen molar-refractivity contribution in [3.8, 4) is 11.5 Å². The number of carbonyl (C=O) groups excluding carboxylic acids is 1. The van der Waals surface area contributed by atoms with Gasteiger partial charge >= 0.3 is 0 Å².